The monoisotopic (exact) mass is 825 g/mol. The topological polar surface area (TPSA) is 320 Å². The molecular formula is C31H32ClN7O14S2. The quantitative estimate of drug-likeness (QED) is 0.0289. The van der Waals surface area contributed by atoms with Gasteiger partial charge in [-0.3, -0.25) is 34.3 Å². The summed E-state index contributed by atoms with van der Waals surface area (Å²) < 4.78 is 0. The Labute approximate surface area is 322 Å². The van der Waals surface area contributed by atoms with Crippen LogP contribution in [0.4, 0.5) is 9.93 Å². The Morgan fingerprint density at radius 2 is 1.84 bits per heavy atom. The van der Waals surface area contributed by atoms with Gasteiger partial charge in [0.1, 0.15) is 5.69 Å². The molecule has 5 rings (SSSR count). The number of oxime groups is 1. The van der Waals surface area contributed by atoms with Gasteiger partial charge in [-0.1, -0.05) is 28.5 Å². The molecule has 24 heteroatoms. The van der Waals surface area contributed by atoms with Gasteiger partial charge in [-0.25, -0.2) is 24.4 Å². The highest BCUT2D eigenvalue weighted by Gasteiger charge is 2.66. The Morgan fingerprint density at radius 1 is 1.15 bits per heavy atom. The van der Waals surface area contributed by atoms with Crippen LogP contribution < -0.4 is 11.2 Å². The maximum absolute atomic E-state index is 13.6. The van der Waals surface area contributed by atoms with Gasteiger partial charge in [0.05, 0.1) is 41.9 Å². The van der Waals surface area contributed by atoms with Gasteiger partial charge in [-0.05, 0) is 26.0 Å². The number of hydrogen-bond donors (Lipinski definition) is 7. The predicted molar refractivity (Wildman–Crippen MR) is 189 cm³/mol. The SMILES string of the molecule is CC(C)(O/N=C(\C(=O)CC1C(=O)N2C[C@@](C(=O)O)(N3CCN(NC(=O)C(CO)CC(=O)C(=O)c4ccc(O)c(O)c4Cl)C3=O)S[C@H]12)c1csc(N)n1)C(=O)O. The van der Waals surface area contributed by atoms with E-state index in [1.807, 2.05) is 0 Å². The van der Waals surface area contributed by atoms with Crippen molar-refractivity contribution in [3.8, 4) is 11.5 Å². The number of aliphatic carboxylic acids is 2. The number of aromatic nitrogens is 1. The van der Waals surface area contributed by atoms with Crippen LogP contribution >= 0.6 is 34.7 Å². The van der Waals surface area contributed by atoms with Crippen molar-refractivity contribution in [2.45, 2.75) is 42.5 Å². The van der Waals surface area contributed by atoms with Crippen LogP contribution in [-0.2, 0) is 33.6 Å². The highest BCUT2D eigenvalue weighted by Crippen LogP contribution is 2.53. The summed E-state index contributed by atoms with van der Waals surface area (Å²) in [4.78, 5) is 112. The first-order chi connectivity index (χ1) is 25.7. The molecule has 8 N–H and O–H groups in total. The summed E-state index contributed by atoms with van der Waals surface area (Å²) in [6, 6.07) is 0.886. The third-order valence-electron chi connectivity index (χ3n) is 8.91. The average Bonchev–Trinajstić information content (AvgIpc) is 3.83. The number of aromatic hydroxyl groups is 2. The van der Waals surface area contributed by atoms with Crippen LogP contribution in [0.25, 0.3) is 0 Å². The van der Waals surface area contributed by atoms with Crippen molar-refractivity contribution in [3.63, 3.8) is 0 Å². The van der Waals surface area contributed by atoms with Gasteiger partial charge >= 0.3 is 18.0 Å². The highest BCUT2D eigenvalue weighted by atomic mass is 35.5. The highest BCUT2D eigenvalue weighted by molar-refractivity contribution is 8.02. The van der Waals surface area contributed by atoms with Crippen LogP contribution in [-0.4, -0.2) is 140 Å². The third kappa shape index (κ3) is 7.59. The maximum Gasteiger partial charge on any atom is 0.350 e. The molecule has 0 bridgehead atoms. The summed E-state index contributed by atoms with van der Waals surface area (Å²) in [6.07, 6.45) is -1.37. The van der Waals surface area contributed by atoms with E-state index in [1.54, 1.807) is 0 Å². The molecule has 4 heterocycles. The second kappa shape index (κ2) is 15.3. The van der Waals surface area contributed by atoms with Crippen molar-refractivity contribution in [2.75, 3.05) is 32.0 Å². The van der Waals surface area contributed by atoms with Crippen molar-refractivity contribution in [2.24, 2.45) is 17.0 Å². The first-order valence-electron chi connectivity index (χ1n) is 16.0. The number of thioether (sulfide) groups is 1. The number of Topliss-reactive ketones (excluding diaryl/α,β-unsaturated/α-hetero) is 3. The van der Waals surface area contributed by atoms with Gasteiger partial charge in [0, 0.05) is 30.3 Å². The molecule has 55 heavy (non-hydrogen) atoms. The van der Waals surface area contributed by atoms with Gasteiger partial charge in [0.2, 0.25) is 33.9 Å². The fourth-order valence-corrected chi connectivity index (χ4v) is 8.20. The molecule has 3 aliphatic heterocycles. The summed E-state index contributed by atoms with van der Waals surface area (Å²) in [7, 11) is 0. The number of hydrogen-bond acceptors (Lipinski definition) is 17. The first kappa shape index (κ1) is 40.7. The van der Waals surface area contributed by atoms with Crippen molar-refractivity contribution in [3.05, 3.63) is 33.8 Å². The molecule has 3 aliphatic rings. The second-order valence-electron chi connectivity index (χ2n) is 12.9. The molecule has 3 saturated heterocycles. The van der Waals surface area contributed by atoms with Crippen LogP contribution in [0, 0.1) is 11.8 Å². The predicted octanol–water partition coefficient (Wildman–Crippen LogP) is -0.135. The molecule has 0 saturated carbocycles. The zero-order valence-corrected chi connectivity index (χ0v) is 31.0. The minimum Gasteiger partial charge on any atom is -0.504 e. The molecule has 0 radical (unpaired) electrons. The van der Waals surface area contributed by atoms with Gasteiger partial charge < -0.3 is 41.0 Å². The molecule has 21 nitrogen and oxygen atoms in total. The number of rotatable bonds is 16. The number of β-lactam (4-membered cyclic amide) rings is 1. The largest absolute Gasteiger partial charge is 0.504 e. The number of nitrogens with zero attached hydrogens (tertiary/aromatic N) is 5. The van der Waals surface area contributed by atoms with Gasteiger partial charge in [0.15, 0.2) is 28.1 Å². The van der Waals surface area contributed by atoms with Gasteiger partial charge in [-0.2, -0.15) is 0 Å². The summed E-state index contributed by atoms with van der Waals surface area (Å²) in [5.74, 6) is -12.0. The van der Waals surface area contributed by atoms with Crippen LogP contribution in [0.1, 0.15) is 42.7 Å². The summed E-state index contributed by atoms with van der Waals surface area (Å²) in [6.45, 7) is 0.410. The number of phenols is 2. The van der Waals surface area contributed by atoms with E-state index in [4.69, 9.17) is 22.2 Å². The van der Waals surface area contributed by atoms with Crippen LogP contribution in [0.2, 0.25) is 5.02 Å². The van der Waals surface area contributed by atoms with E-state index < -0.39 is 129 Å². The molecule has 4 amide bonds. The number of nitrogens with two attached hydrogens (primary N) is 1. The van der Waals surface area contributed by atoms with E-state index in [0.717, 1.165) is 45.1 Å². The number of amides is 4. The minimum atomic E-state index is -2.07. The van der Waals surface area contributed by atoms with Crippen LogP contribution in [0.15, 0.2) is 22.7 Å². The number of carbonyl (C=O) groups excluding carboxylic acids is 6. The van der Waals surface area contributed by atoms with Crippen molar-refractivity contribution in [1.29, 1.82) is 0 Å². The second-order valence-corrected chi connectivity index (χ2v) is 15.6. The molecule has 3 fully saturated rings. The number of benzene rings is 1. The number of hydrazine groups is 1. The molecule has 2 aromatic rings. The lowest BCUT2D eigenvalue weighted by molar-refractivity contribution is -0.161. The molecular weight excluding hydrogens is 794 g/mol. The Hall–Kier alpha value is -5.52. The van der Waals surface area contributed by atoms with E-state index in [2.05, 4.69) is 15.6 Å². The first-order valence-corrected chi connectivity index (χ1v) is 18.1. The summed E-state index contributed by atoms with van der Waals surface area (Å²) in [5.41, 5.74) is 5.14. The number of halogens is 1. The van der Waals surface area contributed by atoms with Crippen molar-refractivity contribution in [1.82, 2.24) is 25.2 Å². The Kier molecular flexibility index (Phi) is 11.3. The smallest absolute Gasteiger partial charge is 0.350 e. The molecule has 1 aromatic heterocycles. The number of ketones is 3. The number of carboxylic acid groups (broad SMARTS) is 2. The fraction of sp³-hybridized carbons (Fsp3) is 0.419. The Bertz CT molecular complexity index is 2040. The number of aliphatic hydroxyl groups excluding tert-OH is 1. The fourth-order valence-electron chi connectivity index (χ4n) is 5.72. The molecule has 1 aromatic carbocycles. The lowest BCUT2D eigenvalue weighted by Gasteiger charge is -2.40. The number of urea groups is 1. The molecule has 4 atom stereocenters. The molecule has 2 unspecified atom stereocenters. The average molecular weight is 826 g/mol. The Morgan fingerprint density at radius 3 is 2.44 bits per heavy atom. The molecule has 294 valence electrons. The Balaban J connectivity index is 1.26. The van der Waals surface area contributed by atoms with Crippen molar-refractivity contribution < 1.29 is 68.7 Å². The van der Waals surface area contributed by atoms with Gasteiger partial charge in [-0.15, -0.1) is 11.3 Å². The number of carbonyl (C=O) groups is 8. The van der Waals surface area contributed by atoms with E-state index in [9.17, 15) is 63.9 Å². The van der Waals surface area contributed by atoms with Crippen molar-refractivity contribution >= 4 is 92.7 Å². The minimum absolute atomic E-state index is 0.0393. The normalized spacial score (nSPS) is 21.5. The number of aliphatic hydroxyl groups is 1. The van der Waals surface area contributed by atoms with Gasteiger partial charge in [0.25, 0.3) is 0 Å². The zero-order chi connectivity index (χ0) is 40.7. The van der Waals surface area contributed by atoms with E-state index in [-0.39, 0.29) is 23.9 Å². The maximum atomic E-state index is 13.6. The number of fused-ring (bicyclic) bond motifs is 1. The molecule has 0 spiro atoms. The summed E-state index contributed by atoms with van der Waals surface area (Å²) >= 11 is 7.54. The van der Waals surface area contributed by atoms with E-state index in [1.165, 1.54) is 24.1 Å². The van der Waals surface area contributed by atoms with E-state index >= 15 is 0 Å². The van der Waals surface area contributed by atoms with Crippen LogP contribution in [0.5, 0.6) is 11.5 Å². The number of nitrogens with one attached hydrogen (secondary N) is 1. The zero-order valence-electron chi connectivity index (χ0n) is 28.6. The number of thiazole rings is 1. The molecule has 0 aliphatic carbocycles. The standard InChI is InChI=1S/C31H32ClN7O14S2/c1-30(2,26(48)49)53-36-20(15-10-54-28(33)34-15)17(42)8-14-24(47)37-11-31(27(50)51,55-25(14)37)38-5-6-39(29(38)52)35-23(46)12(9-40)7-18(43)21(44)13-3-4-16(41)22(45)19(13)32/h3-4,10,12,14,25,40-41,45H,5-9,11H2,1-2H3,(H2,33,34)(H,35,46)(H,48,49)(H,50,51)/b36-20-/t12?,14?,25-,31-/m1/s1. The lowest BCUT2D eigenvalue weighted by Crippen LogP contribution is -2.60. The van der Waals surface area contributed by atoms with Crippen LogP contribution in [0.3, 0.4) is 0 Å². The number of carboxylic acids is 2. The lowest BCUT2D eigenvalue weighted by atomic mass is 9.90. The number of nitrogen functional groups attached to an aromatic ring is 1. The number of phenolic OH excluding ortho intramolecular Hbond substituents is 2. The third-order valence-corrected chi connectivity index (χ3v) is 11.7. The number of anilines is 1. The summed E-state index contributed by atoms with van der Waals surface area (Å²) in [5, 5.41) is 53.4. The van der Waals surface area contributed by atoms with E-state index in [0.29, 0.717) is 0 Å².